The molecule has 0 saturated heterocycles. The third-order valence-electron chi connectivity index (χ3n) is 3.14. The van der Waals surface area contributed by atoms with Gasteiger partial charge in [0.2, 0.25) is 5.75 Å². The number of rotatable bonds is 6. The first-order chi connectivity index (χ1) is 11.1. The Labute approximate surface area is 133 Å². The minimum Gasteiger partial charge on any atom is -0.493 e. The predicted molar refractivity (Wildman–Crippen MR) is 86.4 cm³/mol. The standard InChI is InChI=1S/C16H16N2O5/c1-21-14-8-12(9-15(22-2)16(14)23-3)17-10-11-6-4-5-7-13(11)18(19)20/h4-10H,1-3H3/b17-10-. The molecular formula is C16H16N2O5. The molecule has 0 aliphatic carbocycles. The van der Waals surface area contributed by atoms with Crippen molar-refractivity contribution in [3.8, 4) is 17.2 Å². The summed E-state index contributed by atoms with van der Waals surface area (Å²) in [4.78, 5) is 14.8. The van der Waals surface area contributed by atoms with Gasteiger partial charge in [0, 0.05) is 24.4 Å². The average Bonchev–Trinajstić information content (AvgIpc) is 2.58. The Balaban J connectivity index is 2.42. The molecule has 2 aromatic rings. The SMILES string of the molecule is COc1cc(/N=C\c2ccccc2[N+](=O)[O-])cc(OC)c1OC. The number of nitrogens with zero attached hydrogens (tertiary/aromatic N) is 2. The fraction of sp³-hybridized carbons (Fsp3) is 0.188. The molecule has 0 atom stereocenters. The second-order valence-corrected chi connectivity index (χ2v) is 4.46. The van der Waals surface area contributed by atoms with Crippen molar-refractivity contribution in [2.24, 2.45) is 4.99 Å². The molecule has 0 amide bonds. The van der Waals surface area contributed by atoms with Gasteiger partial charge in [-0.2, -0.15) is 0 Å². The summed E-state index contributed by atoms with van der Waals surface area (Å²) >= 11 is 0. The molecule has 0 radical (unpaired) electrons. The molecule has 7 nitrogen and oxygen atoms in total. The topological polar surface area (TPSA) is 83.2 Å². The molecule has 0 unspecified atom stereocenters. The summed E-state index contributed by atoms with van der Waals surface area (Å²) < 4.78 is 15.7. The largest absolute Gasteiger partial charge is 0.493 e. The zero-order chi connectivity index (χ0) is 16.8. The van der Waals surface area contributed by atoms with Gasteiger partial charge in [-0.05, 0) is 6.07 Å². The number of nitro groups is 1. The lowest BCUT2D eigenvalue weighted by atomic mass is 10.2. The molecule has 0 aliphatic heterocycles. The van der Waals surface area contributed by atoms with Gasteiger partial charge in [-0.1, -0.05) is 12.1 Å². The van der Waals surface area contributed by atoms with Crippen molar-refractivity contribution >= 4 is 17.6 Å². The molecule has 120 valence electrons. The van der Waals surface area contributed by atoms with Crippen LogP contribution in [0.5, 0.6) is 17.2 Å². The maximum atomic E-state index is 11.0. The van der Waals surface area contributed by atoms with Gasteiger partial charge >= 0.3 is 0 Å². The van der Waals surface area contributed by atoms with Crippen molar-refractivity contribution in [2.75, 3.05) is 21.3 Å². The summed E-state index contributed by atoms with van der Waals surface area (Å²) in [5.74, 6) is 1.38. The summed E-state index contributed by atoms with van der Waals surface area (Å²) in [5, 5.41) is 11.0. The van der Waals surface area contributed by atoms with E-state index in [9.17, 15) is 10.1 Å². The van der Waals surface area contributed by atoms with E-state index in [2.05, 4.69) is 4.99 Å². The Bertz CT molecular complexity index is 718. The van der Waals surface area contributed by atoms with Gasteiger partial charge in [0.15, 0.2) is 11.5 Å². The van der Waals surface area contributed by atoms with E-state index in [1.165, 1.54) is 33.6 Å². The van der Waals surface area contributed by atoms with Crippen LogP contribution in [0.25, 0.3) is 0 Å². The van der Waals surface area contributed by atoms with E-state index in [-0.39, 0.29) is 5.69 Å². The Morgan fingerprint density at radius 2 is 1.65 bits per heavy atom. The fourth-order valence-corrected chi connectivity index (χ4v) is 2.05. The average molecular weight is 316 g/mol. The van der Waals surface area contributed by atoms with Crippen LogP contribution in [0.15, 0.2) is 41.4 Å². The Morgan fingerprint density at radius 3 is 2.17 bits per heavy atom. The molecule has 2 aromatic carbocycles. The van der Waals surface area contributed by atoms with Crippen molar-refractivity contribution in [3.63, 3.8) is 0 Å². The number of benzene rings is 2. The van der Waals surface area contributed by atoms with Crippen LogP contribution in [-0.2, 0) is 0 Å². The third-order valence-corrected chi connectivity index (χ3v) is 3.14. The van der Waals surface area contributed by atoms with Crippen molar-refractivity contribution in [3.05, 3.63) is 52.1 Å². The van der Waals surface area contributed by atoms with E-state index >= 15 is 0 Å². The Morgan fingerprint density at radius 1 is 1.04 bits per heavy atom. The highest BCUT2D eigenvalue weighted by Gasteiger charge is 2.13. The first kappa shape index (κ1) is 16.3. The second kappa shape index (κ2) is 7.26. The maximum absolute atomic E-state index is 11.0. The summed E-state index contributed by atoms with van der Waals surface area (Å²) in [5.41, 5.74) is 0.924. The van der Waals surface area contributed by atoms with Gasteiger partial charge in [-0.25, -0.2) is 0 Å². The van der Waals surface area contributed by atoms with Crippen LogP contribution in [0, 0.1) is 10.1 Å². The number of methoxy groups -OCH3 is 3. The van der Waals surface area contributed by atoms with E-state index in [1.807, 2.05) is 0 Å². The normalized spacial score (nSPS) is 10.6. The highest BCUT2D eigenvalue weighted by molar-refractivity contribution is 5.87. The molecule has 0 aromatic heterocycles. The van der Waals surface area contributed by atoms with Gasteiger partial charge in [-0.15, -0.1) is 0 Å². The molecule has 23 heavy (non-hydrogen) atoms. The smallest absolute Gasteiger partial charge is 0.278 e. The zero-order valence-corrected chi connectivity index (χ0v) is 13.0. The summed E-state index contributed by atoms with van der Waals surface area (Å²) in [7, 11) is 4.52. The first-order valence-corrected chi connectivity index (χ1v) is 6.68. The monoisotopic (exact) mass is 316 g/mol. The Hall–Kier alpha value is -3.09. The molecule has 0 N–H and O–H groups in total. The highest BCUT2D eigenvalue weighted by atomic mass is 16.6. The molecule has 0 aliphatic rings. The van der Waals surface area contributed by atoms with Gasteiger partial charge in [-0.3, -0.25) is 15.1 Å². The summed E-state index contributed by atoms with van der Waals surface area (Å²) in [6.07, 6.45) is 1.43. The Kier molecular flexibility index (Phi) is 5.14. The molecular weight excluding hydrogens is 300 g/mol. The van der Waals surface area contributed by atoms with Crippen LogP contribution in [0.3, 0.4) is 0 Å². The van der Waals surface area contributed by atoms with Crippen LogP contribution in [0.2, 0.25) is 0 Å². The first-order valence-electron chi connectivity index (χ1n) is 6.68. The molecule has 2 rings (SSSR count). The minimum atomic E-state index is -0.448. The number of hydrogen-bond acceptors (Lipinski definition) is 6. The number of nitro benzene ring substituents is 1. The molecule has 7 heteroatoms. The van der Waals surface area contributed by atoms with E-state index in [0.29, 0.717) is 28.5 Å². The minimum absolute atomic E-state index is 0.0105. The third kappa shape index (κ3) is 3.57. The molecule has 0 heterocycles. The second-order valence-electron chi connectivity index (χ2n) is 4.46. The molecule has 0 spiro atoms. The van der Waals surface area contributed by atoms with Crippen LogP contribution < -0.4 is 14.2 Å². The van der Waals surface area contributed by atoms with Gasteiger partial charge in [0.25, 0.3) is 5.69 Å². The lowest BCUT2D eigenvalue weighted by molar-refractivity contribution is -0.385. The van der Waals surface area contributed by atoms with Gasteiger partial charge in [0.05, 0.1) is 37.5 Å². The summed E-state index contributed by atoms with van der Waals surface area (Å²) in [6, 6.07) is 9.69. The number of aliphatic imine (C=N–C) groups is 1. The van der Waals surface area contributed by atoms with E-state index in [0.717, 1.165) is 0 Å². The van der Waals surface area contributed by atoms with E-state index < -0.39 is 4.92 Å². The van der Waals surface area contributed by atoms with E-state index in [4.69, 9.17) is 14.2 Å². The summed E-state index contributed by atoms with van der Waals surface area (Å²) in [6.45, 7) is 0. The quantitative estimate of drug-likeness (QED) is 0.463. The number of hydrogen-bond donors (Lipinski definition) is 0. The maximum Gasteiger partial charge on any atom is 0.278 e. The van der Waals surface area contributed by atoms with Crippen LogP contribution in [0.4, 0.5) is 11.4 Å². The van der Waals surface area contributed by atoms with E-state index in [1.54, 1.807) is 30.3 Å². The fourth-order valence-electron chi connectivity index (χ4n) is 2.05. The predicted octanol–water partition coefficient (Wildman–Crippen LogP) is 3.37. The highest BCUT2D eigenvalue weighted by Crippen LogP contribution is 2.40. The van der Waals surface area contributed by atoms with Crippen LogP contribution in [-0.4, -0.2) is 32.5 Å². The van der Waals surface area contributed by atoms with Crippen LogP contribution >= 0.6 is 0 Å². The van der Waals surface area contributed by atoms with Crippen molar-refractivity contribution < 1.29 is 19.1 Å². The lowest BCUT2D eigenvalue weighted by Gasteiger charge is -2.12. The van der Waals surface area contributed by atoms with Crippen LogP contribution in [0.1, 0.15) is 5.56 Å². The van der Waals surface area contributed by atoms with Gasteiger partial charge in [0.1, 0.15) is 0 Å². The van der Waals surface area contributed by atoms with Crippen molar-refractivity contribution in [1.29, 1.82) is 0 Å². The zero-order valence-electron chi connectivity index (χ0n) is 13.0. The lowest BCUT2D eigenvalue weighted by Crippen LogP contribution is -1.95. The number of ether oxygens (including phenoxy) is 3. The van der Waals surface area contributed by atoms with Crippen molar-refractivity contribution in [2.45, 2.75) is 0 Å². The number of para-hydroxylation sites is 1. The molecule has 0 fully saturated rings. The van der Waals surface area contributed by atoms with Crippen molar-refractivity contribution in [1.82, 2.24) is 0 Å². The van der Waals surface area contributed by atoms with Gasteiger partial charge < -0.3 is 14.2 Å². The molecule has 0 bridgehead atoms. The molecule has 0 saturated carbocycles.